The molecule has 1 saturated heterocycles. The van der Waals surface area contributed by atoms with Crippen molar-refractivity contribution in [1.29, 1.82) is 0 Å². The first-order chi connectivity index (χ1) is 14.0. The Morgan fingerprint density at radius 2 is 1.93 bits per heavy atom. The molecule has 29 heavy (non-hydrogen) atoms. The molecule has 2 aromatic carbocycles. The Morgan fingerprint density at radius 3 is 2.62 bits per heavy atom. The van der Waals surface area contributed by atoms with Crippen LogP contribution >= 0.6 is 0 Å². The van der Waals surface area contributed by atoms with Crippen molar-refractivity contribution >= 4 is 6.09 Å². The van der Waals surface area contributed by atoms with Crippen LogP contribution in [0.1, 0.15) is 29.9 Å². The standard InChI is InChI=1S/C22H27FN2O4/c23-20-5-2-1-4-17(20)15-28-12-3-13-29-18-8-6-16(7-9-18)19-10-11-25(22(26)27)14-21(19)24/h1-2,4-9,19,21H,3,10-15,24H2,(H,26,27). The van der Waals surface area contributed by atoms with Crippen LogP contribution in [-0.2, 0) is 11.3 Å². The molecule has 1 aliphatic heterocycles. The fourth-order valence-corrected chi connectivity index (χ4v) is 3.53. The van der Waals surface area contributed by atoms with E-state index in [1.807, 2.05) is 24.3 Å². The Kier molecular flexibility index (Phi) is 7.43. The van der Waals surface area contributed by atoms with E-state index in [9.17, 15) is 9.18 Å². The number of ether oxygens (including phenoxy) is 2. The molecule has 7 heteroatoms. The van der Waals surface area contributed by atoms with Gasteiger partial charge in [-0.15, -0.1) is 0 Å². The number of carbonyl (C=O) groups is 1. The summed E-state index contributed by atoms with van der Waals surface area (Å²) < 4.78 is 24.7. The summed E-state index contributed by atoms with van der Waals surface area (Å²) in [4.78, 5) is 12.4. The number of rotatable bonds is 8. The third-order valence-electron chi connectivity index (χ3n) is 5.15. The Balaban J connectivity index is 1.37. The predicted octanol–water partition coefficient (Wildman–Crippen LogP) is 3.61. The number of amides is 1. The van der Waals surface area contributed by atoms with Gasteiger partial charge in [-0.1, -0.05) is 30.3 Å². The van der Waals surface area contributed by atoms with E-state index in [4.69, 9.17) is 20.3 Å². The van der Waals surface area contributed by atoms with Crippen molar-refractivity contribution in [3.8, 4) is 5.75 Å². The molecule has 0 aliphatic carbocycles. The minimum Gasteiger partial charge on any atom is -0.494 e. The third-order valence-corrected chi connectivity index (χ3v) is 5.15. The van der Waals surface area contributed by atoms with E-state index in [-0.39, 0.29) is 24.4 Å². The Hall–Kier alpha value is -2.64. The molecule has 0 saturated carbocycles. The Bertz CT molecular complexity index is 800. The predicted molar refractivity (Wildman–Crippen MR) is 108 cm³/mol. The van der Waals surface area contributed by atoms with Gasteiger partial charge in [0.15, 0.2) is 0 Å². The summed E-state index contributed by atoms with van der Waals surface area (Å²) in [6, 6.07) is 14.2. The van der Waals surface area contributed by atoms with Gasteiger partial charge in [-0.25, -0.2) is 9.18 Å². The van der Waals surface area contributed by atoms with Crippen LogP contribution in [-0.4, -0.2) is 48.4 Å². The van der Waals surface area contributed by atoms with Crippen molar-refractivity contribution in [2.24, 2.45) is 5.73 Å². The summed E-state index contributed by atoms with van der Waals surface area (Å²) >= 11 is 0. The Morgan fingerprint density at radius 1 is 1.17 bits per heavy atom. The lowest BCUT2D eigenvalue weighted by molar-refractivity contribution is 0.105. The molecule has 1 heterocycles. The zero-order chi connectivity index (χ0) is 20.6. The largest absolute Gasteiger partial charge is 0.494 e. The fraction of sp³-hybridized carbons (Fsp3) is 0.409. The van der Waals surface area contributed by atoms with Gasteiger partial charge in [0.25, 0.3) is 0 Å². The van der Waals surface area contributed by atoms with Gasteiger partial charge in [0.1, 0.15) is 11.6 Å². The van der Waals surface area contributed by atoms with Crippen LogP contribution in [0, 0.1) is 5.82 Å². The smallest absolute Gasteiger partial charge is 0.407 e. The summed E-state index contributed by atoms with van der Waals surface area (Å²) in [7, 11) is 0. The number of hydrogen-bond acceptors (Lipinski definition) is 4. The molecule has 1 amide bonds. The SMILES string of the molecule is NC1CN(C(=O)O)CCC1c1ccc(OCCCOCc2ccccc2F)cc1. The monoisotopic (exact) mass is 402 g/mol. The molecule has 1 aliphatic rings. The number of likely N-dealkylation sites (tertiary alicyclic amines) is 1. The molecule has 2 unspecified atom stereocenters. The average molecular weight is 402 g/mol. The molecule has 3 N–H and O–H groups in total. The number of benzene rings is 2. The molecule has 0 aromatic heterocycles. The van der Waals surface area contributed by atoms with E-state index in [2.05, 4.69) is 0 Å². The minimum atomic E-state index is -0.916. The van der Waals surface area contributed by atoms with Gasteiger partial charge in [-0.2, -0.15) is 0 Å². The fourth-order valence-electron chi connectivity index (χ4n) is 3.53. The summed E-state index contributed by atoms with van der Waals surface area (Å²) in [5, 5.41) is 9.08. The molecule has 2 atom stereocenters. The molecule has 2 aromatic rings. The van der Waals surface area contributed by atoms with E-state index >= 15 is 0 Å². The highest BCUT2D eigenvalue weighted by Gasteiger charge is 2.29. The number of halogens is 1. The molecule has 3 rings (SSSR count). The summed E-state index contributed by atoms with van der Waals surface area (Å²) in [6.45, 7) is 2.10. The van der Waals surface area contributed by atoms with Gasteiger partial charge in [0.2, 0.25) is 0 Å². The van der Waals surface area contributed by atoms with Crippen molar-refractivity contribution in [2.75, 3.05) is 26.3 Å². The van der Waals surface area contributed by atoms with Crippen molar-refractivity contribution in [3.63, 3.8) is 0 Å². The molecular formula is C22H27FN2O4. The van der Waals surface area contributed by atoms with Gasteiger partial charge in [0.05, 0.1) is 19.8 Å². The van der Waals surface area contributed by atoms with Crippen LogP contribution < -0.4 is 10.5 Å². The van der Waals surface area contributed by atoms with Gasteiger partial charge >= 0.3 is 6.09 Å². The van der Waals surface area contributed by atoms with E-state index < -0.39 is 6.09 Å². The zero-order valence-corrected chi connectivity index (χ0v) is 16.3. The zero-order valence-electron chi connectivity index (χ0n) is 16.3. The second-order valence-electron chi connectivity index (χ2n) is 7.20. The van der Waals surface area contributed by atoms with Gasteiger partial charge in [-0.05, 0) is 30.2 Å². The lowest BCUT2D eigenvalue weighted by Gasteiger charge is -2.35. The number of nitrogens with zero attached hydrogens (tertiary/aromatic N) is 1. The van der Waals surface area contributed by atoms with Crippen LogP contribution in [0.25, 0.3) is 0 Å². The molecular weight excluding hydrogens is 375 g/mol. The molecule has 1 fully saturated rings. The Labute approximate surface area is 170 Å². The second kappa shape index (κ2) is 10.2. The van der Waals surface area contributed by atoms with E-state index in [1.165, 1.54) is 11.0 Å². The minimum absolute atomic E-state index is 0.145. The van der Waals surface area contributed by atoms with Crippen molar-refractivity contribution < 1.29 is 23.8 Å². The highest BCUT2D eigenvalue weighted by Crippen LogP contribution is 2.28. The summed E-state index contributed by atoms with van der Waals surface area (Å²) in [5.41, 5.74) is 7.83. The highest BCUT2D eigenvalue weighted by atomic mass is 19.1. The van der Waals surface area contributed by atoms with Gasteiger partial charge in [0, 0.05) is 37.0 Å². The number of nitrogens with two attached hydrogens (primary N) is 1. The van der Waals surface area contributed by atoms with E-state index in [0.717, 1.165) is 11.3 Å². The maximum Gasteiger partial charge on any atom is 0.407 e. The lowest BCUT2D eigenvalue weighted by Crippen LogP contribution is -2.49. The number of carboxylic acid groups (broad SMARTS) is 1. The molecule has 6 nitrogen and oxygen atoms in total. The van der Waals surface area contributed by atoms with Crippen molar-refractivity contribution in [2.45, 2.75) is 31.4 Å². The number of hydrogen-bond donors (Lipinski definition) is 2. The summed E-state index contributed by atoms with van der Waals surface area (Å²) in [6.07, 6.45) is 0.502. The van der Waals surface area contributed by atoms with Crippen LogP contribution in [0.3, 0.4) is 0 Å². The van der Waals surface area contributed by atoms with Gasteiger partial charge < -0.3 is 25.2 Å². The van der Waals surface area contributed by atoms with Gasteiger partial charge in [-0.3, -0.25) is 0 Å². The van der Waals surface area contributed by atoms with E-state index in [1.54, 1.807) is 18.2 Å². The van der Waals surface area contributed by atoms with Crippen LogP contribution in [0.5, 0.6) is 5.75 Å². The van der Waals surface area contributed by atoms with Crippen LogP contribution in [0.4, 0.5) is 9.18 Å². The number of piperidine rings is 1. The highest BCUT2D eigenvalue weighted by molar-refractivity contribution is 5.65. The topological polar surface area (TPSA) is 85.0 Å². The normalized spacial score (nSPS) is 19.2. The quantitative estimate of drug-likeness (QED) is 0.659. The second-order valence-corrected chi connectivity index (χ2v) is 7.20. The lowest BCUT2D eigenvalue weighted by atomic mass is 9.86. The van der Waals surface area contributed by atoms with E-state index in [0.29, 0.717) is 44.7 Å². The maximum absolute atomic E-state index is 13.5. The first kappa shape index (κ1) is 21.1. The van der Waals surface area contributed by atoms with Crippen LogP contribution in [0.2, 0.25) is 0 Å². The first-order valence-electron chi connectivity index (χ1n) is 9.82. The first-order valence-corrected chi connectivity index (χ1v) is 9.82. The third kappa shape index (κ3) is 5.92. The molecule has 0 spiro atoms. The maximum atomic E-state index is 13.5. The molecule has 0 bridgehead atoms. The van der Waals surface area contributed by atoms with Crippen molar-refractivity contribution in [1.82, 2.24) is 4.90 Å². The molecule has 0 radical (unpaired) electrons. The van der Waals surface area contributed by atoms with Crippen molar-refractivity contribution in [3.05, 3.63) is 65.5 Å². The average Bonchev–Trinajstić information content (AvgIpc) is 2.72. The molecule has 156 valence electrons. The summed E-state index contributed by atoms with van der Waals surface area (Å²) in [5.74, 6) is 0.656. The van der Waals surface area contributed by atoms with Crippen LogP contribution in [0.15, 0.2) is 48.5 Å².